The molecular weight excluding hydrogens is 248 g/mol. The summed E-state index contributed by atoms with van der Waals surface area (Å²) in [6, 6.07) is 0.570. The summed E-state index contributed by atoms with van der Waals surface area (Å²) in [5.74, 6) is -0.335. The fraction of sp³-hybridized carbons (Fsp3) is 0.769. The van der Waals surface area contributed by atoms with Crippen molar-refractivity contribution >= 4 is 14.8 Å². The van der Waals surface area contributed by atoms with Crippen LogP contribution in [-0.2, 0) is 14.3 Å². The molecule has 0 saturated heterocycles. The van der Waals surface area contributed by atoms with Crippen molar-refractivity contribution in [3.8, 4) is 0 Å². The number of carbonyl (C=O) groups excluding carboxylic acids is 1. The molecule has 0 amide bonds. The van der Waals surface area contributed by atoms with Crippen molar-refractivity contribution in [2.24, 2.45) is 0 Å². The minimum absolute atomic E-state index is 0.319. The van der Waals surface area contributed by atoms with Crippen molar-refractivity contribution in [2.45, 2.75) is 52.0 Å². The third-order valence-corrected chi connectivity index (χ3v) is 4.63. The molecule has 0 spiro atoms. The Bertz CT molecular complexity index is 272. The lowest BCUT2D eigenvalue weighted by Gasteiger charge is -2.34. The van der Waals surface area contributed by atoms with Gasteiger partial charge in [-0.2, -0.15) is 0 Å². The second-order valence-corrected chi connectivity index (χ2v) is 6.19. The smallest absolute Gasteiger partial charge is 0.289 e. The van der Waals surface area contributed by atoms with Gasteiger partial charge >= 0.3 is 0 Å². The van der Waals surface area contributed by atoms with Crippen LogP contribution in [0.3, 0.4) is 0 Å². The maximum atomic E-state index is 12.3. The number of hydrogen-bond donors (Lipinski definition) is 1. The molecule has 18 heavy (non-hydrogen) atoms. The van der Waals surface area contributed by atoms with Gasteiger partial charge in [0.2, 0.25) is 11.2 Å². The van der Waals surface area contributed by atoms with E-state index in [-0.39, 0.29) is 5.78 Å². The van der Waals surface area contributed by atoms with E-state index in [1.165, 1.54) is 0 Å². The van der Waals surface area contributed by atoms with Gasteiger partial charge in [0, 0.05) is 13.2 Å². The Labute approximate surface area is 112 Å². The van der Waals surface area contributed by atoms with E-state index in [1.807, 2.05) is 6.92 Å². The van der Waals surface area contributed by atoms with E-state index in [1.54, 1.807) is 20.8 Å². The van der Waals surface area contributed by atoms with Crippen LogP contribution in [0.5, 0.6) is 0 Å². The van der Waals surface area contributed by atoms with Crippen molar-refractivity contribution < 1.29 is 19.1 Å². The van der Waals surface area contributed by atoms with E-state index >= 15 is 0 Å². The highest BCUT2D eigenvalue weighted by atomic mass is 28.3. The second-order valence-electron chi connectivity index (χ2n) is 4.14. The summed E-state index contributed by atoms with van der Waals surface area (Å²) in [7, 11) is -2.07. The van der Waals surface area contributed by atoms with E-state index < -0.39 is 14.5 Å². The van der Waals surface area contributed by atoms with Gasteiger partial charge in [0.25, 0.3) is 9.04 Å². The Morgan fingerprint density at radius 1 is 1.28 bits per heavy atom. The average Bonchev–Trinajstić information content (AvgIpc) is 2.34. The van der Waals surface area contributed by atoms with Crippen LogP contribution >= 0.6 is 0 Å². The third-order valence-electron chi connectivity index (χ3n) is 2.53. The lowest BCUT2D eigenvalue weighted by atomic mass is 10.2. The van der Waals surface area contributed by atoms with Gasteiger partial charge in [-0.25, -0.2) is 0 Å². The molecule has 0 aliphatic rings. The molecule has 0 aromatic heterocycles. The fourth-order valence-electron chi connectivity index (χ4n) is 1.67. The molecule has 0 aliphatic heterocycles. The number of hydrogen-bond acceptors (Lipinski definition) is 4. The van der Waals surface area contributed by atoms with E-state index in [0.29, 0.717) is 24.8 Å². The van der Waals surface area contributed by atoms with Gasteiger partial charge in [0.15, 0.2) is 0 Å². The molecule has 0 aromatic carbocycles. The average molecular weight is 273 g/mol. The Kier molecular flexibility index (Phi) is 8.35. The quantitative estimate of drug-likeness (QED) is 0.377. The molecule has 0 aliphatic carbocycles. The number of carbonyl (C=O) groups is 1. The minimum Gasteiger partial charge on any atom is -0.427 e. The predicted molar refractivity (Wildman–Crippen MR) is 73.5 cm³/mol. The molecule has 0 rings (SSSR count). The summed E-state index contributed by atoms with van der Waals surface area (Å²) < 4.78 is 11.0. The van der Waals surface area contributed by atoms with Gasteiger partial charge in [-0.3, -0.25) is 4.79 Å². The van der Waals surface area contributed by atoms with Crippen molar-refractivity contribution in [1.29, 1.82) is 0 Å². The van der Waals surface area contributed by atoms with Crippen LogP contribution in [0.25, 0.3) is 0 Å². The Morgan fingerprint density at radius 3 is 2.11 bits per heavy atom. The van der Waals surface area contributed by atoms with Crippen LogP contribution in [0.15, 0.2) is 12.2 Å². The standard InChI is InChI=1S/C13H25O4Si/c1-6-9-10-18(15)13(16-7-2,17-8-3)12(14)11(4)5/h15H,4,6-10H2,1-3,5H3. The van der Waals surface area contributed by atoms with E-state index in [2.05, 4.69) is 6.58 Å². The molecule has 0 unspecified atom stereocenters. The zero-order valence-electron chi connectivity index (χ0n) is 11.9. The van der Waals surface area contributed by atoms with Gasteiger partial charge in [0.05, 0.1) is 0 Å². The summed E-state index contributed by atoms with van der Waals surface area (Å²) in [4.78, 5) is 22.6. The molecule has 105 valence electrons. The van der Waals surface area contributed by atoms with Gasteiger partial charge < -0.3 is 14.3 Å². The molecule has 1 N–H and O–H groups in total. The SMILES string of the molecule is C=C(C)C(=O)C(OCC)(OCC)[Si](O)CCCC. The maximum absolute atomic E-state index is 12.3. The molecule has 1 radical (unpaired) electrons. The lowest BCUT2D eigenvalue weighted by Crippen LogP contribution is -2.57. The second kappa shape index (κ2) is 8.58. The Balaban J connectivity index is 5.18. The van der Waals surface area contributed by atoms with Crippen molar-refractivity contribution in [3.63, 3.8) is 0 Å². The Morgan fingerprint density at radius 2 is 1.78 bits per heavy atom. The highest BCUT2D eigenvalue weighted by Gasteiger charge is 2.49. The van der Waals surface area contributed by atoms with Gasteiger partial charge in [-0.05, 0) is 32.4 Å². The number of ketones is 1. The zero-order chi connectivity index (χ0) is 14.2. The van der Waals surface area contributed by atoms with Crippen LogP contribution in [0.4, 0.5) is 0 Å². The molecule has 0 aromatic rings. The number of rotatable bonds is 10. The summed E-state index contributed by atoms with van der Waals surface area (Å²) in [5, 5.41) is 0. The summed E-state index contributed by atoms with van der Waals surface area (Å²) >= 11 is 0. The molecule has 0 atom stereocenters. The van der Waals surface area contributed by atoms with Gasteiger partial charge in [0.1, 0.15) is 0 Å². The number of ether oxygens (including phenoxy) is 2. The molecule has 0 heterocycles. The van der Waals surface area contributed by atoms with E-state index in [0.717, 1.165) is 12.8 Å². The molecule has 5 heteroatoms. The molecule has 0 bridgehead atoms. The van der Waals surface area contributed by atoms with Crippen LogP contribution in [0.2, 0.25) is 6.04 Å². The molecule has 0 fully saturated rings. The predicted octanol–water partition coefficient (Wildman–Crippen LogP) is 2.22. The normalized spacial score (nSPS) is 11.9. The van der Waals surface area contributed by atoms with Crippen LogP contribution in [0, 0.1) is 0 Å². The van der Waals surface area contributed by atoms with Crippen LogP contribution < -0.4 is 0 Å². The van der Waals surface area contributed by atoms with Crippen molar-refractivity contribution in [3.05, 3.63) is 12.2 Å². The zero-order valence-corrected chi connectivity index (χ0v) is 12.9. The van der Waals surface area contributed by atoms with E-state index in [9.17, 15) is 9.59 Å². The largest absolute Gasteiger partial charge is 0.427 e. The molecule has 4 nitrogen and oxygen atoms in total. The Hall–Kier alpha value is -0.493. The molecular formula is C13H25O4Si. The highest BCUT2D eigenvalue weighted by molar-refractivity contribution is 6.59. The first-order valence-electron chi connectivity index (χ1n) is 6.49. The van der Waals surface area contributed by atoms with Crippen LogP contribution in [-0.4, -0.2) is 38.2 Å². The molecule has 0 saturated carbocycles. The first-order chi connectivity index (χ1) is 8.46. The fourth-order valence-corrected chi connectivity index (χ4v) is 3.78. The highest BCUT2D eigenvalue weighted by Crippen LogP contribution is 2.24. The lowest BCUT2D eigenvalue weighted by molar-refractivity contribution is -0.190. The summed E-state index contributed by atoms with van der Waals surface area (Å²) in [6.07, 6.45) is 1.82. The van der Waals surface area contributed by atoms with Gasteiger partial charge in [-0.15, -0.1) is 0 Å². The third kappa shape index (κ3) is 4.31. The maximum Gasteiger partial charge on any atom is 0.289 e. The summed E-state index contributed by atoms with van der Waals surface area (Å²) in [6.45, 7) is 11.5. The van der Waals surface area contributed by atoms with Crippen molar-refractivity contribution in [1.82, 2.24) is 0 Å². The first kappa shape index (κ1) is 17.5. The monoisotopic (exact) mass is 273 g/mol. The first-order valence-corrected chi connectivity index (χ1v) is 8.15. The topological polar surface area (TPSA) is 55.8 Å². The van der Waals surface area contributed by atoms with Crippen molar-refractivity contribution in [2.75, 3.05) is 13.2 Å². The minimum atomic E-state index is -2.07. The van der Waals surface area contributed by atoms with E-state index in [4.69, 9.17) is 9.47 Å². The number of unbranched alkanes of at least 4 members (excludes halogenated alkanes) is 1. The van der Waals surface area contributed by atoms with Gasteiger partial charge in [-0.1, -0.05) is 26.3 Å². The number of Topliss-reactive ketones (excluding diaryl/α,β-unsaturated/α-hetero) is 1. The summed E-state index contributed by atoms with van der Waals surface area (Å²) in [5.41, 5.74) is -1.14. The van der Waals surface area contributed by atoms with Crippen LogP contribution in [0.1, 0.15) is 40.5 Å².